The molecule has 0 aromatic carbocycles. The Labute approximate surface area is 242 Å². The third kappa shape index (κ3) is 5.09. The van der Waals surface area contributed by atoms with Crippen molar-refractivity contribution in [2.75, 3.05) is 55.7 Å². The molecule has 0 radical (unpaired) electrons. The summed E-state index contributed by atoms with van der Waals surface area (Å²) in [4.78, 5) is 26.0. The molecule has 1 aromatic rings. The number of hydrogen-bond donors (Lipinski definition) is 0. The fourth-order valence-corrected chi connectivity index (χ4v) is 7.76. The summed E-state index contributed by atoms with van der Waals surface area (Å²) in [7, 11) is 0. The maximum absolute atomic E-state index is 14.5. The molecular formula is C31H45F2N5O3. The first-order valence-corrected chi connectivity index (χ1v) is 15.3. The summed E-state index contributed by atoms with van der Waals surface area (Å²) in [6.45, 7) is 17.1. The number of nitrogens with zero attached hydrogens (tertiary/aromatic N) is 5. The van der Waals surface area contributed by atoms with Crippen LogP contribution in [0.5, 0.6) is 0 Å². The summed E-state index contributed by atoms with van der Waals surface area (Å²) in [5.74, 6) is 0.660. The van der Waals surface area contributed by atoms with Crippen molar-refractivity contribution < 1.29 is 23.0 Å². The van der Waals surface area contributed by atoms with Crippen LogP contribution in [0.1, 0.15) is 84.4 Å². The van der Waals surface area contributed by atoms with E-state index in [0.29, 0.717) is 37.1 Å². The summed E-state index contributed by atoms with van der Waals surface area (Å²) in [6, 6.07) is 2.82. The number of anilines is 2. The Morgan fingerprint density at radius 2 is 1.85 bits per heavy atom. The van der Waals surface area contributed by atoms with Crippen molar-refractivity contribution in [2.45, 2.75) is 102 Å². The molecular weight excluding hydrogens is 528 g/mol. The lowest BCUT2D eigenvalue weighted by molar-refractivity contribution is -0.00867. The second kappa shape index (κ2) is 10.4. The van der Waals surface area contributed by atoms with Crippen LogP contribution < -0.4 is 9.80 Å². The predicted octanol–water partition coefficient (Wildman–Crippen LogP) is 5.34. The SMILES string of the molecule is CC1=CCOC12CCN(c1cc3c(c(C(F)F)n1)C(C)CC1C(N4CCN(C(=O)OC(C)(C)C)CC4)CN31)C(C)C2. The zero-order valence-electron chi connectivity index (χ0n) is 25.3. The number of alkyl halides is 2. The molecule has 6 heterocycles. The topological polar surface area (TPSA) is 61.4 Å². The predicted molar refractivity (Wildman–Crippen MR) is 155 cm³/mol. The number of halogens is 2. The number of piperazine rings is 1. The Hall–Kier alpha value is -2.46. The van der Waals surface area contributed by atoms with Crippen LogP contribution in [-0.4, -0.2) is 96.1 Å². The van der Waals surface area contributed by atoms with E-state index in [4.69, 9.17) is 9.47 Å². The van der Waals surface area contributed by atoms with Crippen LogP contribution in [0.4, 0.5) is 25.1 Å². The molecule has 1 amide bonds. The fraction of sp³-hybridized carbons (Fsp3) is 0.742. The Kier molecular flexibility index (Phi) is 7.24. The quantitative estimate of drug-likeness (QED) is 0.453. The number of carbonyl (C=O) groups is 1. The van der Waals surface area contributed by atoms with Gasteiger partial charge in [0.2, 0.25) is 0 Å². The molecule has 1 spiro atoms. The monoisotopic (exact) mass is 573 g/mol. The smallest absolute Gasteiger partial charge is 0.410 e. The number of fused-ring (bicyclic) bond motifs is 3. The van der Waals surface area contributed by atoms with E-state index in [9.17, 15) is 13.6 Å². The first-order chi connectivity index (χ1) is 19.4. The van der Waals surface area contributed by atoms with E-state index in [0.717, 1.165) is 51.1 Å². The number of piperidine rings is 1. The van der Waals surface area contributed by atoms with Gasteiger partial charge >= 0.3 is 6.09 Å². The molecule has 226 valence electrons. The minimum atomic E-state index is -2.62. The number of hydrogen-bond acceptors (Lipinski definition) is 7. The maximum atomic E-state index is 14.5. The fourth-order valence-electron chi connectivity index (χ4n) is 7.76. The Morgan fingerprint density at radius 1 is 1.12 bits per heavy atom. The van der Waals surface area contributed by atoms with Gasteiger partial charge in [0.1, 0.15) is 17.1 Å². The first kappa shape index (κ1) is 28.6. The molecule has 1 aromatic heterocycles. The molecule has 41 heavy (non-hydrogen) atoms. The third-order valence-corrected chi connectivity index (χ3v) is 10.00. The standard InChI is InChI=1S/C31H45F2N5O3/c1-19-15-22-24(35-10-12-36(13-11-35)29(39)41-30(4,5)6)18-38(22)23-16-25(34-27(26(19)23)28(32)33)37-9-8-31(17-21(37)3)20(2)7-14-40-31/h7,16,19,21-22,24,28H,8-15,17-18H2,1-6H3. The molecule has 6 rings (SSSR count). The van der Waals surface area contributed by atoms with E-state index in [2.05, 4.69) is 52.6 Å². The molecule has 5 atom stereocenters. The van der Waals surface area contributed by atoms with Gasteiger partial charge in [0.05, 0.1) is 12.2 Å². The largest absolute Gasteiger partial charge is 0.444 e. The second-order valence-corrected chi connectivity index (χ2v) is 13.7. The van der Waals surface area contributed by atoms with E-state index in [1.54, 1.807) is 4.90 Å². The molecule has 3 fully saturated rings. The molecule has 5 aliphatic heterocycles. The van der Waals surface area contributed by atoms with E-state index < -0.39 is 12.0 Å². The van der Waals surface area contributed by atoms with Crippen LogP contribution in [0.3, 0.4) is 0 Å². The van der Waals surface area contributed by atoms with Crippen LogP contribution in [0.25, 0.3) is 0 Å². The highest BCUT2D eigenvalue weighted by Gasteiger charge is 2.49. The summed E-state index contributed by atoms with van der Waals surface area (Å²) in [6.07, 6.45) is 1.79. The summed E-state index contributed by atoms with van der Waals surface area (Å²) < 4.78 is 40.7. The lowest BCUT2D eigenvalue weighted by atomic mass is 9.77. The molecule has 10 heteroatoms. The summed E-state index contributed by atoms with van der Waals surface area (Å²) >= 11 is 0. The Bertz CT molecular complexity index is 1210. The number of pyridine rings is 1. The van der Waals surface area contributed by atoms with Crippen molar-refractivity contribution in [3.05, 3.63) is 29.0 Å². The highest BCUT2D eigenvalue weighted by atomic mass is 19.3. The van der Waals surface area contributed by atoms with Gasteiger partial charge in [-0.2, -0.15) is 0 Å². The second-order valence-electron chi connectivity index (χ2n) is 13.7. The number of rotatable bonds is 3. The number of ether oxygens (including phenoxy) is 2. The van der Waals surface area contributed by atoms with Crippen molar-refractivity contribution in [1.82, 2.24) is 14.8 Å². The van der Waals surface area contributed by atoms with Gasteiger partial charge in [-0.3, -0.25) is 4.90 Å². The van der Waals surface area contributed by atoms with Crippen LogP contribution in [0.2, 0.25) is 0 Å². The highest BCUT2D eigenvalue weighted by molar-refractivity contribution is 5.69. The van der Waals surface area contributed by atoms with Crippen molar-refractivity contribution in [3.8, 4) is 0 Å². The maximum Gasteiger partial charge on any atom is 0.410 e. The molecule has 0 N–H and O–H groups in total. The van der Waals surface area contributed by atoms with Crippen LogP contribution in [-0.2, 0) is 9.47 Å². The van der Waals surface area contributed by atoms with Gasteiger partial charge in [0.15, 0.2) is 0 Å². The minimum absolute atomic E-state index is 0.00405. The van der Waals surface area contributed by atoms with Gasteiger partial charge in [0.25, 0.3) is 6.43 Å². The summed E-state index contributed by atoms with van der Waals surface area (Å²) in [5.41, 5.74) is 2.13. The lowest BCUT2D eigenvalue weighted by Gasteiger charge is -2.58. The van der Waals surface area contributed by atoms with Crippen LogP contribution in [0.15, 0.2) is 17.7 Å². The van der Waals surface area contributed by atoms with Crippen LogP contribution >= 0.6 is 0 Å². The zero-order valence-corrected chi connectivity index (χ0v) is 25.3. The normalized spacial score (nSPS) is 32.1. The average molecular weight is 574 g/mol. The van der Waals surface area contributed by atoms with Gasteiger partial charge in [-0.1, -0.05) is 13.0 Å². The van der Waals surface area contributed by atoms with Gasteiger partial charge in [-0.25, -0.2) is 18.6 Å². The molecule has 0 saturated carbocycles. The van der Waals surface area contributed by atoms with E-state index in [1.807, 2.05) is 20.8 Å². The molecule has 5 unspecified atom stereocenters. The van der Waals surface area contributed by atoms with Gasteiger partial charge in [-0.15, -0.1) is 0 Å². The molecule has 0 bridgehead atoms. The van der Waals surface area contributed by atoms with Crippen molar-refractivity contribution in [2.24, 2.45) is 0 Å². The van der Waals surface area contributed by atoms with Crippen molar-refractivity contribution in [3.63, 3.8) is 0 Å². The number of amides is 1. The number of aromatic nitrogens is 1. The Balaban J connectivity index is 1.19. The molecule has 0 aliphatic carbocycles. The van der Waals surface area contributed by atoms with E-state index in [1.165, 1.54) is 5.57 Å². The first-order valence-electron chi connectivity index (χ1n) is 15.3. The van der Waals surface area contributed by atoms with Gasteiger partial charge in [0, 0.05) is 81.1 Å². The highest BCUT2D eigenvalue weighted by Crippen LogP contribution is 2.49. The van der Waals surface area contributed by atoms with Crippen molar-refractivity contribution in [1.29, 1.82) is 0 Å². The molecule has 3 saturated heterocycles. The third-order valence-electron chi connectivity index (χ3n) is 10.00. The average Bonchev–Trinajstić information content (AvgIpc) is 3.23. The molecule has 8 nitrogen and oxygen atoms in total. The number of carbonyl (C=O) groups excluding carboxylic acids is 1. The minimum Gasteiger partial charge on any atom is -0.444 e. The summed E-state index contributed by atoms with van der Waals surface area (Å²) in [5, 5.41) is 0. The van der Waals surface area contributed by atoms with Crippen molar-refractivity contribution >= 4 is 17.6 Å². The zero-order chi connectivity index (χ0) is 29.3. The lowest BCUT2D eigenvalue weighted by Crippen LogP contribution is -2.70. The molecule has 5 aliphatic rings. The Morgan fingerprint density at radius 3 is 2.46 bits per heavy atom. The van der Waals surface area contributed by atoms with E-state index in [-0.39, 0.29) is 35.4 Å². The van der Waals surface area contributed by atoms with E-state index >= 15 is 0 Å². The van der Waals surface area contributed by atoms with Gasteiger partial charge < -0.3 is 24.2 Å². The van der Waals surface area contributed by atoms with Gasteiger partial charge in [-0.05, 0) is 59.0 Å². The van der Waals surface area contributed by atoms with Crippen LogP contribution in [0, 0.1) is 0 Å².